The third kappa shape index (κ3) is 1.95. The highest BCUT2D eigenvalue weighted by Crippen LogP contribution is 2.06. The van der Waals surface area contributed by atoms with Crippen molar-refractivity contribution in [3.05, 3.63) is 16.4 Å². The highest BCUT2D eigenvalue weighted by Gasteiger charge is 1.96. The van der Waals surface area contributed by atoms with Gasteiger partial charge in [-0.05, 0) is 6.26 Å². The number of hydrogen-bond donors (Lipinski definition) is 3. The lowest BCUT2D eigenvalue weighted by Gasteiger charge is -1.98. The first kappa shape index (κ1) is 8.09. The van der Waals surface area contributed by atoms with Crippen molar-refractivity contribution in [3.8, 4) is 0 Å². The Morgan fingerprint density at radius 3 is 3.09 bits per heavy atom. The van der Waals surface area contributed by atoms with Crippen LogP contribution < -0.4 is 16.8 Å². The van der Waals surface area contributed by atoms with Crippen LogP contribution in [0.3, 0.4) is 0 Å². The summed E-state index contributed by atoms with van der Waals surface area (Å²) >= 11 is 1.35. The van der Waals surface area contributed by atoms with Gasteiger partial charge in [-0.3, -0.25) is 4.79 Å². The van der Waals surface area contributed by atoms with Crippen molar-refractivity contribution in [1.82, 2.24) is 9.97 Å². The molecule has 1 rings (SSSR count). The van der Waals surface area contributed by atoms with Crippen LogP contribution in [0, 0.1) is 0 Å². The van der Waals surface area contributed by atoms with E-state index in [1.54, 1.807) is 0 Å². The van der Waals surface area contributed by atoms with Crippen LogP contribution >= 0.6 is 11.8 Å². The highest BCUT2D eigenvalue weighted by atomic mass is 32.2. The van der Waals surface area contributed by atoms with Crippen molar-refractivity contribution >= 4 is 17.6 Å². The summed E-state index contributed by atoms with van der Waals surface area (Å²) in [5.74, 6) is 5.44. The monoisotopic (exact) mass is 172 g/mol. The second-order valence-corrected chi connectivity index (χ2v) is 2.58. The van der Waals surface area contributed by atoms with Gasteiger partial charge in [-0.15, -0.1) is 0 Å². The van der Waals surface area contributed by atoms with Gasteiger partial charge in [0, 0.05) is 6.07 Å². The quantitative estimate of drug-likeness (QED) is 0.248. The van der Waals surface area contributed by atoms with Crippen LogP contribution in [0.25, 0.3) is 0 Å². The van der Waals surface area contributed by atoms with Gasteiger partial charge in [0.25, 0.3) is 5.56 Å². The first-order chi connectivity index (χ1) is 5.26. The van der Waals surface area contributed by atoms with Crippen molar-refractivity contribution < 1.29 is 0 Å². The summed E-state index contributed by atoms with van der Waals surface area (Å²) in [7, 11) is 0. The normalized spacial score (nSPS) is 9.64. The first-order valence-electron chi connectivity index (χ1n) is 2.88. The number of aromatic amines is 1. The van der Waals surface area contributed by atoms with E-state index in [0.29, 0.717) is 11.0 Å². The molecule has 0 saturated heterocycles. The molecule has 0 amide bonds. The van der Waals surface area contributed by atoms with Crippen LogP contribution in [0.15, 0.2) is 16.0 Å². The van der Waals surface area contributed by atoms with E-state index < -0.39 is 0 Å². The van der Waals surface area contributed by atoms with Gasteiger partial charge in [0.1, 0.15) is 5.82 Å². The molecule has 0 saturated carbocycles. The number of rotatable bonds is 2. The Labute approximate surface area is 67.4 Å². The maximum Gasteiger partial charge on any atom is 0.253 e. The summed E-state index contributed by atoms with van der Waals surface area (Å²) in [5.41, 5.74) is 2.09. The van der Waals surface area contributed by atoms with E-state index in [9.17, 15) is 4.79 Å². The first-order valence-corrected chi connectivity index (χ1v) is 4.10. The fraction of sp³-hybridized carbons (Fsp3) is 0.200. The number of nitrogens with zero attached hydrogens (tertiary/aromatic N) is 1. The predicted molar refractivity (Wildman–Crippen MR) is 44.4 cm³/mol. The SMILES string of the molecule is CSc1nc(NN)cc(=O)[nH]1. The molecule has 1 heterocycles. The highest BCUT2D eigenvalue weighted by molar-refractivity contribution is 7.98. The van der Waals surface area contributed by atoms with Crippen molar-refractivity contribution in [1.29, 1.82) is 0 Å². The number of nitrogen functional groups attached to an aromatic ring is 1. The number of aromatic nitrogens is 2. The molecule has 0 spiro atoms. The lowest BCUT2D eigenvalue weighted by molar-refractivity contribution is 0.937. The zero-order valence-electron chi connectivity index (χ0n) is 5.92. The van der Waals surface area contributed by atoms with E-state index in [1.165, 1.54) is 17.8 Å². The number of nitrogens with two attached hydrogens (primary N) is 1. The molecule has 4 N–H and O–H groups in total. The van der Waals surface area contributed by atoms with Crippen LogP contribution in [0.1, 0.15) is 0 Å². The summed E-state index contributed by atoms with van der Waals surface area (Å²) in [6.45, 7) is 0. The van der Waals surface area contributed by atoms with Crippen LogP contribution in [-0.4, -0.2) is 16.2 Å². The minimum atomic E-state index is -0.211. The third-order valence-electron chi connectivity index (χ3n) is 1.06. The molecule has 6 heteroatoms. The third-order valence-corrected chi connectivity index (χ3v) is 1.64. The van der Waals surface area contributed by atoms with Crippen LogP contribution in [-0.2, 0) is 0 Å². The maximum absolute atomic E-state index is 10.8. The molecule has 0 aliphatic carbocycles. The Kier molecular flexibility index (Phi) is 2.50. The molecule has 1 aromatic rings. The minimum Gasteiger partial charge on any atom is -0.308 e. The molecule has 0 bridgehead atoms. The molecule has 0 aliphatic rings. The van der Waals surface area contributed by atoms with E-state index in [-0.39, 0.29) is 5.56 Å². The summed E-state index contributed by atoms with van der Waals surface area (Å²) in [6, 6.07) is 1.29. The molecule has 60 valence electrons. The van der Waals surface area contributed by atoms with Crippen LogP contribution in [0.5, 0.6) is 0 Å². The van der Waals surface area contributed by atoms with Crippen LogP contribution in [0.4, 0.5) is 5.82 Å². The Morgan fingerprint density at radius 1 is 1.82 bits per heavy atom. The number of hydrazine groups is 1. The van der Waals surface area contributed by atoms with Gasteiger partial charge in [-0.1, -0.05) is 11.8 Å². The van der Waals surface area contributed by atoms with Gasteiger partial charge in [0.05, 0.1) is 0 Å². The Balaban J connectivity index is 3.12. The lowest BCUT2D eigenvalue weighted by atomic mass is 10.6. The second-order valence-electron chi connectivity index (χ2n) is 1.78. The lowest BCUT2D eigenvalue weighted by Crippen LogP contribution is -2.14. The zero-order chi connectivity index (χ0) is 8.27. The van der Waals surface area contributed by atoms with Gasteiger partial charge < -0.3 is 10.4 Å². The van der Waals surface area contributed by atoms with E-state index >= 15 is 0 Å². The minimum absolute atomic E-state index is 0.211. The van der Waals surface area contributed by atoms with Gasteiger partial charge in [0.15, 0.2) is 5.16 Å². The van der Waals surface area contributed by atoms with Gasteiger partial charge in [0.2, 0.25) is 0 Å². The van der Waals surface area contributed by atoms with Gasteiger partial charge in [-0.25, -0.2) is 10.8 Å². The predicted octanol–water partition coefficient (Wildman–Crippen LogP) is -0.223. The summed E-state index contributed by atoms with van der Waals surface area (Å²) in [4.78, 5) is 17.3. The number of H-pyrrole nitrogens is 1. The number of nitrogens with one attached hydrogen (secondary N) is 2. The zero-order valence-corrected chi connectivity index (χ0v) is 6.73. The molecule has 1 aromatic heterocycles. The summed E-state index contributed by atoms with van der Waals surface area (Å²) in [6.07, 6.45) is 1.82. The van der Waals surface area contributed by atoms with Crippen molar-refractivity contribution in [2.24, 2.45) is 5.84 Å². The van der Waals surface area contributed by atoms with Crippen molar-refractivity contribution in [3.63, 3.8) is 0 Å². The van der Waals surface area contributed by atoms with Crippen molar-refractivity contribution in [2.45, 2.75) is 5.16 Å². The molecule has 0 atom stereocenters. The largest absolute Gasteiger partial charge is 0.308 e. The molecule has 0 radical (unpaired) electrons. The molecule has 0 fully saturated rings. The molecule has 0 unspecified atom stereocenters. The van der Waals surface area contributed by atoms with Gasteiger partial charge >= 0.3 is 0 Å². The second kappa shape index (κ2) is 3.40. The Bertz CT molecular complexity index is 272. The van der Waals surface area contributed by atoms with Gasteiger partial charge in [-0.2, -0.15) is 0 Å². The smallest absolute Gasteiger partial charge is 0.253 e. The van der Waals surface area contributed by atoms with E-state index in [4.69, 9.17) is 5.84 Å². The average molecular weight is 172 g/mol. The van der Waals surface area contributed by atoms with E-state index in [1.807, 2.05) is 6.26 Å². The topological polar surface area (TPSA) is 83.8 Å². The molecule has 11 heavy (non-hydrogen) atoms. The van der Waals surface area contributed by atoms with E-state index in [2.05, 4.69) is 15.4 Å². The molecule has 5 nitrogen and oxygen atoms in total. The molecule has 0 aromatic carbocycles. The standard InChI is InChI=1S/C5H8N4OS/c1-11-5-7-3(9-6)2-4(10)8-5/h2H,6H2,1H3,(H2,7,8,9,10). The number of hydrogen-bond acceptors (Lipinski definition) is 5. The van der Waals surface area contributed by atoms with Crippen LogP contribution in [0.2, 0.25) is 0 Å². The number of thioether (sulfide) groups is 1. The summed E-state index contributed by atoms with van der Waals surface area (Å²) < 4.78 is 0. The fourth-order valence-electron chi connectivity index (χ4n) is 0.606. The maximum atomic E-state index is 10.8. The average Bonchev–Trinajstić information content (AvgIpc) is 2.03. The molecular weight excluding hydrogens is 164 g/mol. The Morgan fingerprint density at radius 2 is 2.55 bits per heavy atom. The molecular formula is C5H8N4OS. The molecule has 0 aliphatic heterocycles. The fourth-order valence-corrected chi connectivity index (χ4v) is 0.998. The Hall–Kier alpha value is -1.01. The van der Waals surface area contributed by atoms with E-state index in [0.717, 1.165) is 0 Å². The van der Waals surface area contributed by atoms with Crippen molar-refractivity contribution in [2.75, 3.05) is 11.7 Å². The summed E-state index contributed by atoms with van der Waals surface area (Å²) in [5, 5.41) is 0.547. The number of anilines is 1.